The fourth-order valence-corrected chi connectivity index (χ4v) is 2.92. The lowest BCUT2D eigenvalue weighted by Gasteiger charge is -2.31. The van der Waals surface area contributed by atoms with Crippen LogP contribution in [0, 0.1) is 0 Å². The molecule has 1 aliphatic heterocycles. The van der Waals surface area contributed by atoms with Crippen LogP contribution in [0.2, 0.25) is 0 Å². The molecule has 0 saturated carbocycles. The number of carbonyl (C=O) groups is 1. The van der Waals surface area contributed by atoms with Gasteiger partial charge in [0.2, 0.25) is 0 Å². The second kappa shape index (κ2) is 6.16. The van der Waals surface area contributed by atoms with Gasteiger partial charge in [-0.15, -0.1) is 0 Å². The maximum Gasteiger partial charge on any atom is 0.263 e. The topological polar surface area (TPSA) is 71.6 Å². The van der Waals surface area contributed by atoms with Gasteiger partial charge in [-0.3, -0.25) is 9.59 Å². The summed E-state index contributed by atoms with van der Waals surface area (Å²) in [5, 5.41) is 0. The zero-order valence-corrected chi connectivity index (χ0v) is 13.1. The summed E-state index contributed by atoms with van der Waals surface area (Å²) >= 11 is 0. The number of nitrogens with zero attached hydrogens (tertiary/aromatic N) is 1. The zero-order valence-electron chi connectivity index (χ0n) is 13.1. The first-order valence-electron chi connectivity index (χ1n) is 7.40. The number of hydrogen-bond acceptors (Lipinski definition) is 4. The van der Waals surface area contributed by atoms with E-state index in [4.69, 9.17) is 9.47 Å². The summed E-state index contributed by atoms with van der Waals surface area (Å²) in [6.07, 6.45) is 3.17. The van der Waals surface area contributed by atoms with Crippen molar-refractivity contribution in [1.29, 1.82) is 0 Å². The number of para-hydroxylation sites is 1. The third-order valence-electron chi connectivity index (χ3n) is 3.98. The lowest BCUT2D eigenvalue weighted by atomic mass is 10.00. The van der Waals surface area contributed by atoms with Crippen LogP contribution < -0.4 is 19.9 Å². The third-order valence-corrected chi connectivity index (χ3v) is 3.98. The summed E-state index contributed by atoms with van der Waals surface area (Å²) in [5.41, 5.74) is 1.88. The molecule has 1 aromatic carbocycles. The number of nitrogens with one attached hydrogen (secondary N) is 1. The highest BCUT2D eigenvalue weighted by Crippen LogP contribution is 2.37. The largest absolute Gasteiger partial charge is 0.496 e. The summed E-state index contributed by atoms with van der Waals surface area (Å²) < 4.78 is 10.6. The fourth-order valence-electron chi connectivity index (χ4n) is 2.92. The minimum absolute atomic E-state index is 0.219. The second-order valence-corrected chi connectivity index (χ2v) is 5.31. The Morgan fingerprint density at radius 3 is 2.74 bits per heavy atom. The van der Waals surface area contributed by atoms with E-state index in [1.54, 1.807) is 12.0 Å². The fraction of sp³-hybridized carbons (Fsp3) is 0.294. The summed E-state index contributed by atoms with van der Waals surface area (Å²) in [7, 11) is 3.03. The summed E-state index contributed by atoms with van der Waals surface area (Å²) in [6.45, 7) is 0.592. The van der Waals surface area contributed by atoms with E-state index >= 15 is 0 Å². The SMILES string of the molecule is COc1cc(=O)[nH]cc1C(=O)N1CCCc2cccc(OC)c21. The van der Waals surface area contributed by atoms with Crippen molar-refractivity contribution in [3.63, 3.8) is 0 Å². The Morgan fingerprint density at radius 2 is 2.00 bits per heavy atom. The Kier molecular flexibility index (Phi) is 4.06. The van der Waals surface area contributed by atoms with Crippen molar-refractivity contribution >= 4 is 11.6 Å². The van der Waals surface area contributed by atoms with Crippen LogP contribution in [0.4, 0.5) is 5.69 Å². The molecule has 0 atom stereocenters. The highest BCUT2D eigenvalue weighted by Gasteiger charge is 2.28. The number of hydrogen-bond donors (Lipinski definition) is 1. The molecule has 0 aliphatic carbocycles. The number of aryl methyl sites for hydroxylation is 1. The number of fused-ring (bicyclic) bond motifs is 1. The average molecular weight is 314 g/mol. The van der Waals surface area contributed by atoms with Gasteiger partial charge >= 0.3 is 0 Å². The lowest BCUT2D eigenvalue weighted by molar-refractivity contribution is 0.0981. The molecule has 6 nitrogen and oxygen atoms in total. The first-order chi connectivity index (χ1) is 11.2. The molecule has 0 fully saturated rings. The number of carbonyl (C=O) groups excluding carboxylic acids is 1. The van der Waals surface area contributed by atoms with Crippen LogP contribution in [0.5, 0.6) is 11.5 Å². The van der Waals surface area contributed by atoms with E-state index in [1.807, 2.05) is 18.2 Å². The normalized spacial score (nSPS) is 13.4. The van der Waals surface area contributed by atoms with Crippen LogP contribution in [0.15, 0.2) is 35.3 Å². The molecule has 0 bridgehead atoms. The first-order valence-corrected chi connectivity index (χ1v) is 7.40. The molecule has 0 unspecified atom stereocenters. The maximum atomic E-state index is 13.0. The molecule has 3 rings (SSSR count). The number of rotatable bonds is 3. The molecule has 0 radical (unpaired) electrons. The number of aromatic amines is 1. The van der Waals surface area contributed by atoms with Crippen molar-refractivity contribution in [1.82, 2.24) is 4.98 Å². The molecular weight excluding hydrogens is 296 g/mol. The Labute approximate surface area is 133 Å². The highest BCUT2D eigenvalue weighted by atomic mass is 16.5. The zero-order chi connectivity index (χ0) is 16.4. The van der Waals surface area contributed by atoms with Crippen LogP contribution in [0.1, 0.15) is 22.3 Å². The van der Waals surface area contributed by atoms with E-state index in [0.717, 1.165) is 24.1 Å². The Bertz CT molecular complexity index is 783. The second-order valence-electron chi connectivity index (χ2n) is 5.31. The molecule has 1 amide bonds. The predicted molar refractivity (Wildman–Crippen MR) is 86.6 cm³/mol. The minimum atomic E-state index is -0.310. The van der Waals surface area contributed by atoms with E-state index in [9.17, 15) is 9.59 Å². The Morgan fingerprint density at radius 1 is 1.22 bits per heavy atom. The number of H-pyrrole nitrogens is 1. The van der Waals surface area contributed by atoms with Crippen molar-refractivity contribution in [3.8, 4) is 11.5 Å². The van der Waals surface area contributed by atoms with Gasteiger partial charge in [-0.25, -0.2) is 0 Å². The van der Waals surface area contributed by atoms with Crippen LogP contribution in [-0.2, 0) is 6.42 Å². The average Bonchev–Trinajstić information content (AvgIpc) is 2.59. The lowest BCUT2D eigenvalue weighted by Crippen LogP contribution is -2.36. The number of benzene rings is 1. The van der Waals surface area contributed by atoms with Gasteiger partial charge in [-0.05, 0) is 24.5 Å². The number of methoxy groups -OCH3 is 2. The van der Waals surface area contributed by atoms with Gasteiger partial charge in [0.15, 0.2) is 0 Å². The maximum absolute atomic E-state index is 13.0. The molecule has 1 N–H and O–H groups in total. The van der Waals surface area contributed by atoms with Gasteiger partial charge < -0.3 is 19.4 Å². The third kappa shape index (κ3) is 2.67. The molecule has 1 aromatic heterocycles. The quantitative estimate of drug-likeness (QED) is 0.940. The number of amides is 1. The minimum Gasteiger partial charge on any atom is -0.496 e. The standard InChI is InChI=1S/C17H18N2O4/c1-22-13-7-3-5-11-6-4-8-19(16(11)13)17(21)12-10-18-15(20)9-14(12)23-2/h3,5,7,9-10H,4,6,8H2,1-2H3,(H,18,20). The van der Waals surface area contributed by atoms with Gasteiger partial charge in [0.25, 0.3) is 11.5 Å². The smallest absolute Gasteiger partial charge is 0.263 e. The van der Waals surface area contributed by atoms with Crippen molar-refractivity contribution in [2.24, 2.45) is 0 Å². The molecular formula is C17H18N2O4. The summed E-state index contributed by atoms with van der Waals surface area (Å²) in [4.78, 5) is 28.6. The van der Waals surface area contributed by atoms with Gasteiger partial charge in [0.1, 0.15) is 11.5 Å². The Hall–Kier alpha value is -2.76. The van der Waals surface area contributed by atoms with E-state index < -0.39 is 0 Å². The van der Waals surface area contributed by atoms with Crippen molar-refractivity contribution in [2.45, 2.75) is 12.8 Å². The van der Waals surface area contributed by atoms with Crippen LogP contribution in [0.3, 0.4) is 0 Å². The number of pyridine rings is 1. The van der Waals surface area contributed by atoms with Gasteiger partial charge in [-0.2, -0.15) is 0 Å². The number of anilines is 1. The summed E-state index contributed by atoms with van der Waals surface area (Å²) in [6, 6.07) is 7.04. The molecule has 2 heterocycles. The summed E-state index contributed by atoms with van der Waals surface area (Å²) in [5.74, 6) is 0.711. The first kappa shape index (κ1) is 15.1. The van der Waals surface area contributed by atoms with Gasteiger partial charge in [-0.1, -0.05) is 12.1 Å². The molecule has 23 heavy (non-hydrogen) atoms. The van der Waals surface area contributed by atoms with Gasteiger partial charge in [0.05, 0.1) is 25.5 Å². The van der Waals surface area contributed by atoms with Crippen molar-refractivity contribution in [2.75, 3.05) is 25.7 Å². The Balaban J connectivity index is 2.08. The highest BCUT2D eigenvalue weighted by molar-refractivity contribution is 6.09. The van der Waals surface area contributed by atoms with Crippen LogP contribution in [0.25, 0.3) is 0 Å². The predicted octanol–water partition coefficient (Wildman–Crippen LogP) is 1.99. The van der Waals surface area contributed by atoms with E-state index in [2.05, 4.69) is 4.98 Å². The van der Waals surface area contributed by atoms with E-state index in [-0.39, 0.29) is 17.2 Å². The van der Waals surface area contributed by atoms with Crippen molar-refractivity contribution in [3.05, 3.63) is 51.9 Å². The van der Waals surface area contributed by atoms with Crippen molar-refractivity contribution < 1.29 is 14.3 Å². The molecule has 2 aromatic rings. The van der Waals surface area contributed by atoms with E-state index in [0.29, 0.717) is 17.9 Å². The monoisotopic (exact) mass is 314 g/mol. The molecule has 6 heteroatoms. The van der Waals surface area contributed by atoms with E-state index in [1.165, 1.54) is 19.4 Å². The van der Waals surface area contributed by atoms with Crippen LogP contribution in [-0.4, -0.2) is 31.7 Å². The molecule has 0 spiro atoms. The molecule has 0 saturated heterocycles. The molecule has 120 valence electrons. The van der Waals surface area contributed by atoms with Gasteiger partial charge in [0, 0.05) is 18.8 Å². The number of ether oxygens (including phenoxy) is 2. The molecule has 1 aliphatic rings. The number of aromatic nitrogens is 1. The van der Waals surface area contributed by atoms with Crippen LogP contribution >= 0.6 is 0 Å².